The highest BCUT2D eigenvalue weighted by Crippen LogP contribution is 2.35. The summed E-state index contributed by atoms with van der Waals surface area (Å²) in [4.78, 5) is 17.6. The maximum absolute atomic E-state index is 13.5. The normalized spacial score (nSPS) is 10.8. The van der Waals surface area contributed by atoms with E-state index in [9.17, 15) is 4.79 Å². The molecule has 0 radical (unpaired) electrons. The molecule has 3 aromatic carbocycles. The van der Waals surface area contributed by atoms with Gasteiger partial charge in [0.05, 0.1) is 42.5 Å². The third-order valence-corrected chi connectivity index (χ3v) is 5.93. The summed E-state index contributed by atoms with van der Waals surface area (Å²) in [6.45, 7) is 0. The predicted molar refractivity (Wildman–Crippen MR) is 139 cm³/mol. The van der Waals surface area contributed by atoms with Crippen LogP contribution in [0.3, 0.4) is 0 Å². The molecule has 2 aromatic heterocycles. The van der Waals surface area contributed by atoms with Gasteiger partial charge in [0.2, 0.25) is 0 Å². The second kappa shape index (κ2) is 9.97. The Morgan fingerprint density at radius 2 is 1.83 bits per heavy atom. The molecule has 1 N–H and O–H groups in total. The van der Waals surface area contributed by atoms with Crippen molar-refractivity contribution in [2.45, 2.75) is 0 Å². The van der Waals surface area contributed by atoms with Gasteiger partial charge in [0.15, 0.2) is 0 Å². The number of rotatable bonds is 7. The summed E-state index contributed by atoms with van der Waals surface area (Å²) in [6, 6.07) is 20.2. The number of hydrogen-bond acceptors (Lipinski definition) is 5. The molecule has 5 rings (SSSR count). The number of aromatic nitrogens is 4. The molecule has 5 aromatic rings. The fourth-order valence-electron chi connectivity index (χ4n) is 3.85. The molecule has 1 amide bonds. The summed E-state index contributed by atoms with van der Waals surface area (Å²) in [7, 11) is 3.15. The summed E-state index contributed by atoms with van der Waals surface area (Å²) in [5, 5.41) is 8.16. The number of ether oxygens (including phenoxy) is 2. The fraction of sp³-hybridized carbons (Fsp3) is 0.0741. The zero-order valence-electron chi connectivity index (χ0n) is 19.6. The van der Waals surface area contributed by atoms with Crippen LogP contribution in [0.4, 0.5) is 5.69 Å². The molecule has 0 atom stereocenters. The Balaban J connectivity index is 1.55. The Morgan fingerprint density at radius 3 is 2.53 bits per heavy atom. The summed E-state index contributed by atoms with van der Waals surface area (Å²) >= 11 is 6.49. The third-order valence-electron chi connectivity index (χ3n) is 5.63. The first kappa shape index (κ1) is 23.2. The molecule has 0 aliphatic carbocycles. The summed E-state index contributed by atoms with van der Waals surface area (Å²) < 4.78 is 14.4. The van der Waals surface area contributed by atoms with Crippen molar-refractivity contribution in [3.63, 3.8) is 0 Å². The molecule has 180 valence electrons. The van der Waals surface area contributed by atoms with E-state index in [0.717, 1.165) is 11.4 Å². The number of anilines is 1. The Labute approximate surface area is 212 Å². The molecule has 0 fully saturated rings. The first-order valence-corrected chi connectivity index (χ1v) is 11.4. The molecule has 0 unspecified atom stereocenters. The van der Waals surface area contributed by atoms with Gasteiger partial charge in [-0.2, -0.15) is 5.10 Å². The fourth-order valence-corrected chi connectivity index (χ4v) is 4.12. The zero-order chi connectivity index (χ0) is 25.1. The Hall–Kier alpha value is -4.56. The van der Waals surface area contributed by atoms with Gasteiger partial charge in [-0.25, -0.2) is 9.67 Å². The van der Waals surface area contributed by atoms with Gasteiger partial charge >= 0.3 is 0 Å². The minimum Gasteiger partial charge on any atom is -0.497 e. The highest BCUT2D eigenvalue weighted by atomic mass is 35.5. The van der Waals surface area contributed by atoms with Crippen molar-refractivity contribution < 1.29 is 14.3 Å². The zero-order valence-corrected chi connectivity index (χ0v) is 20.3. The number of nitrogens with zero attached hydrogens (tertiary/aromatic N) is 4. The number of halogens is 1. The average Bonchev–Trinajstić information content (AvgIpc) is 3.60. The quantitative estimate of drug-likeness (QED) is 0.313. The van der Waals surface area contributed by atoms with Crippen molar-refractivity contribution in [1.82, 2.24) is 19.3 Å². The van der Waals surface area contributed by atoms with Gasteiger partial charge in [-0.3, -0.25) is 4.79 Å². The number of methoxy groups -OCH3 is 2. The lowest BCUT2D eigenvalue weighted by atomic mass is 10.1. The molecule has 0 aliphatic rings. The van der Waals surface area contributed by atoms with Crippen molar-refractivity contribution in [2.24, 2.45) is 0 Å². The number of nitrogens with one attached hydrogen (secondary N) is 1. The molecule has 0 spiro atoms. The number of imidazole rings is 1. The number of carbonyl (C=O) groups is 1. The SMILES string of the molecule is COc1ccc(OC)c(-c2nn(-c3ccccc3)cc2C(=O)Nc2ccc(-n3ccnc3)c(Cl)c2)c1. The summed E-state index contributed by atoms with van der Waals surface area (Å²) in [5.41, 5.74) is 3.56. The van der Waals surface area contributed by atoms with Crippen LogP contribution in [0.2, 0.25) is 5.02 Å². The van der Waals surface area contributed by atoms with Gasteiger partial charge in [0.1, 0.15) is 17.2 Å². The van der Waals surface area contributed by atoms with E-state index in [2.05, 4.69) is 10.3 Å². The van der Waals surface area contributed by atoms with Crippen LogP contribution in [-0.4, -0.2) is 39.5 Å². The molecular formula is C27H22ClN5O3. The van der Waals surface area contributed by atoms with Crippen LogP contribution in [0, 0.1) is 0 Å². The Morgan fingerprint density at radius 1 is 1.00 bits per heavy atom. The molecule has 8 nitrogen and oxygen atoms in total. The second-order valence-corrected chi connectivity index (χ2v) is 8.24. The summed E-state index contributed by atoms with van der Waals surface area (Å²) in [6.07, 6.45) is 6.82. The van der Waals surface area contributed by atoms with Crippen LogP contribution >= 0.6 is 11.6 Å². The largest absolute Gasteiger partial charge is 0.497 e. The van der Waals surface area contributed by atoms with E-state index >= 15 is 0 Å². The predicted octanol–water partition coefficient (Wildman–Crippen LogP) is 5.65. The summed E-state index contributed by atoms with van der Waals surface area (Å²) in [5.74, 6) is 0.840. The lowest BCUT2D eigenvalue weighted by Crippen LogP contribution is -2.12. The Bertz CT molecular complexity index is 1510. The molecule has 0 saturated carbocycles. The number of benzene rings is 3. The van der Waals surface area contributed by atoms with Gasteiger partial charge in [-0.15, -0.1) is 0 Å². The topological polar surface area (TPSA) is 83.2 Å². The van der Waals surface area contributed by atoms with Crippen molar-refractivity contribution in [3.05, 3.63) is 102 Å². The lowest BCUT2D eigenvalue weighted by molar-refractivity contribution is 0.102. The first-order chi connectivity index (χ1) is 17.6. The number of hydrogen-bond donors (Lipinski definition) is 1. The molecule has 9 heteroatoms. The molecule has 0 aliphatic heterocycles. The van der Waals surface area contributed by atoms with Gasteiger partial charge < -0.3 is 19.4 Å². The molecular weight excluding hydrogens is 478 g/mol. The highest BCUT2D eigenvalue weighted by molar-refractivity contribution is 6.32. The molecule has 0 saturated heterocycles. The van der Waals surface area contributed by atoms with E-state index in [0.29, 0.717) is 39.0 Å². The third kappa shape index (κ3) is 4.54. The number of amides is 1. The number of para-hydroxylation sites is 1. The maximum Gasteiger partial charge on any atom is 0.259 e. The van der Waals surface area contributed by atoms with E-state index < -0.39 is 0 Å². The minimum atomic E-state index is -0.344. The maximum atomic E-state index is 13.5. The van der Waals surface area contributed by atoms with Gasteiger partial charge in [0, 0.05) is 29.8 Å². The van der Waals surface area contributed by atoms with Crippen LogP contribution in [0.15, 0.2) is 91.6 Å². The van der Waals surface area contributed by atoms with Crippen LogP contribution in [0.5, 0.6) is 11.5 Å². The van der Waals surface area contributed by atoms with Crippen LogP contribution in [0.1, 0.15) is 10.4 Å². The highest BCUT2D eigenvalue weighted by Gasteiger charge is 2.22. The van der Waals surface area contributed by atoms with Crippen molar-refractivity contribution >= 4 is 23.2 Å². The number of carbonyl (C=O) groups excluding carboxylic acids is 1. The first-order valence-electron chi connectivity index (χ1n) is 11.0. The molecule has 0 bridgehead atoms. The van der Waals surface area contributed by atoms with Gasteiger partial charge in [0.25, 0.3) is 5.91 Å². The molecule has 36 heavy (non-hydrogen) atoms. The molecule has 2 heterocycles. The standard InChI is InChI=1S/C27H22ClN5O3/c1-35-20-9-11-25(36-2)21(15-20)26-22(16-33(31-26)19-6-4-3-5-7-19)27(34)30-18-8-10-24(23(28)14-18)32-13-12-29-17-32/h3-17H,1-2H3,(H,30,34). The van der Waals surface area contributed by atoms with Crippen molar-refractivity contribution in [1.29, 1.82) is 0 Å². The Kier molecular flexibility index (Phi) is 6.42. The van der Waals surface area contributed by atoms with Crippen LogP contribution in [-0.2, 0) is 0 Å². The van der Waals surface area contributed by atoms with E-state index in [1.807, 2.05) is 36.4 Å². The monoisotopic (exact) mass is 499 g/mol. The van der Waals surface area contributed by atoms with E-state index in [1.165, 1.54) is 0 Å². The van der Waals surface area contributed by atoms with E-state index in [4.69, 9.17) is 26.2 Å². The van der Waals surface area contributed by atoms with Crippen LogP contribution < -0.4 is 14.8 Å². The average molecular weight is 500 g/mol. The second-order valence-electron chi connectivity index (χ2n) is 7.83. The van der Waals surface area contributed by atoms with Crippen LogP contribution in [0.25, 0.3) is 22.6 Å². The van der Waals surface area contributed by atoms with Crippen molar-refractivity contribution in [3.8, 4) is 34.1 Å². The minimum absolute atomic E-state index is 0.344. The van der Waals surface area contributed by atoms with E-state index in [-0.39, 0.29) is 5.91 Å². The van der Waals surface area contributed by atoms with Gasteiger partial charge in [-0.1, -0.05) is 29.8 Å². The smallest absolute Gasteiger partial charge is 0.259 e. The van der Waals surface area contributed by atoms with Crippen molar-refractivity contribution in [2.75, 3.05) is 19.5 Å². The lowest BCUT2D eigenvalue weighted by Gasteiger charge is -2.11. The van der Waals surface area contributed by atoms with E-state index in [1.54, 1.807) is 78.7 Å². The van der Waals surface area contributed by atoms with Gasteiger partial charge in [-0.05, 0) is 48.5 Å².